The Hall–Kier alpha value is -1.68. The molecular weight excluding hydrogens is 257 g/mol. The molecule has 1 N–H and O–H groups in total. The summed E-state index contributed by atoms with van der Waals surface area (Å²) in [7, 11) is 1.98. The van der Waals surface area contributed by atoms with E-state index in [9.17, 15) is 9.18 Å². The first-order chi connectivity index (χ1) is 9.52. The second-order valence-corrected chi connectivity index (χ2v) is 4.97. The van der Waals surface area contributed by atoms with Crippen LogP contribution in [0.2, 0.25) is 0 Å². The predicted octanol–water partition coefficient (Wildman–Crippen LogP) is 3.55. The molecule has 1 aromatic rings. The van der Waals surface area contributed by atoms with Crippen LogP contribution in [-0.4, -0.2) is 29.6 Å². The average Bonchev–Trinajstić information content (AvgIpc) is 2.39. The summed E-state index contributed by atoms with van der Waals surface area (Å²) in [6.07, 6.45) is 5.87. The highest BCUT2D eigenvalue weighted by Gasteiger charge is 2.06. The summed E-state index contributed by atoms with van der Waals surface area (Å²) in [5.41, 5.74) is 1.19. The number of rotatable bonds is 8. The number of halogens is 1. The summed E-state index contributed by atoms with van der Waals surface area (Å²) in [6, 6.07) is 4.82. The van der Waals surface area contributed by atoms with E-state index in [0.29, 0.717) is 17.7 Å². The minimum Gasteiger partial charge on any atom is -0.478 e. The van der Waals surface area contributed by atoms with Crippen LogP contribution in [0.5, 0.6) is 0 Å². The largest absolute Gasteiger partial charge is 0.478 e. The van der Waals surface area contributed by atoms with E-state index in [0.717, 1.165) is 19.0 Å². The highest BCUT2D eigenvalue weighted by Crippen LogP contribution is 2.14. The van der Waals surface area contributed by atoms with Crippen molar-refractivity contribution in [1.29, 1.82) is 0 Å². The highest BCUT2D eigenvalue weighted by molar-refractivity contribution is 5.85. The van der Waals surface area contributed by atoms with E-state index in [1.54, 1.807) is 12.1 Å². The van der Waals surface area contributed by atoms with Gasteiger partial charge in [-0.3, -0.25) is 0 Å². The number of carboxylic acids is 1. The lowest BCUT2D eigenvalue weighted by Crippen LogP contribution is -2.19. The van der Waals surface area contributed by atoms with Gasteiger partial charge in [-0.05, 0) is 37.7 Å². The van der Waals surface area contributed by atoms with Gasteiger partial charge in [0.1, 0.15) is 5.82 Å². The van der Waals surface area contributed by atoms with E-state index in [4.69, 9.17) is 5.11 Å². The van der Waals surface area contributed by atoms with Crippen LogP contribution in [0.15, 0.2) is 24.3 Å². The molecule has 20 heavy (non-hydrogen) atoms. The van der Waals surface area contributed by atoms with Gasteiger partial charge in [-0.1, -0.05) is 31.9 Å². The van der Waals surface area contributed by atoms with Gasteiger partial charge in [0.25, 0.3) is 0 Å². The molecule has 110 valence electrons. The van der Waals surface area contributed by atoms with Crippen molar-refractivity contribution in [2.45, 2.75) is 32.7 Å². The number of carboxylic acid groups (broad SMARTS) is 1. The molecule has 0 saturated heterocycles. The molecule has 0 bridgehead atoms. The minimum atomic E-state index is -1.04. The maximum absolute atomic E-state index is 13.9. The molecule has 0 aliphatic rings. The Kier molecular flexibility index (Phi) is 6.94. The first-order valence-corrected chi connectivity index (χ1v) is 6.91. The van der Waals surface area contributed by atoms with E-state index in [1.165, 1.54) is 25.0 Å². The third kappa shape index (κ3) is 5.97. The summed E-state index contributed by atoms with van der Waals surface area (Å²) >= 11 is 0. The fraction of sp³-hybridized carbons (Fsp3) is 0.438. The molecule has 0 unspecified atom stereocenters. The number of carbonyl (C=O) groups is 1. The molecule has 0 aliphatic heterocycles. The predicted molar refractivity (Wildman–Crippen MR) is 78.9 cm³/mol. The van der Waals surface area contributed by atoms with Crippen molar-refractivity contribution < 1.29 is 14.3 Å². The Morgan fingerprint density at radius 2 is 2.15 bits per heavy atom. The summed E-state index contributed by atoms with van der Waals surface area (Å²) in [5.74, 6) is -1.33. The second kappa shape index (κ2) is 8.48. The van der Waals surface area contributed by atoms with Crippen molar-refractivity contribution in [3.05, 3.63) is 41.2 Å². The van der Waals surface area contributed by atoms with Crippen LogP contribution in [0.3, 0.4) is 0 Å². The van der Waals surface area contributed by atoms with Crippen molar-refractivity contribution in [3.8, 4) is 0 Å². The van der Waals surface area contributed by atoms with Gasteiger partial charge in [0.2, 0.25) is 0 Å². The van der Waals surface area contributed by atoms with Crippen LogP contribution in [0.4, 0.5) is 4.39 Å². The lowest BCUT2D eigenvalue weighted by Gasteiger charge is -2.17. The standard InChI is InChI=1S/C16H22FNO2/c1-3-4-5-10-18(2)12-14-8-6-13(11-15(14)17)7-9-16(19)20/h6-9,11H,3-5,10,12H2,1-2H3,(H,19,20). The van der Waals surface area contributed by atoms with E-state index in [-0.39, 0.29) is 5.82 Å². The Morgan fingerprint density at radius 3 is 2.75 bits per heavy atom. The SMILES string of the molecule is CCCCCN(C)Cc1ccc(C=CC(=O)O)cc1F. The average molecular weight is 279 g/mol. The molecule has 0 aromatic heterocycles. The molecule has 1 rings (SSSR count). The van der Waals surface area contributed by atoms with Crippen molar-refractivity contribution in [2.24, 2.45) is 0 Å². The number of unbranched alkanes of at least 4 members (excludes halogenated alkanes) is 2. The minimum absolute atomic E-state index is 0.292. The van der Waals surface area contributed by atoms with E-state index < -0.39 is 5.97 Å². The molecular formula is C16H22FNO2. The van der Waals surface area contributed by atoms with Gasteiger partial charge in [0, 0.05) is 18.2 Å². The number of aliphatic carboxylic acids is 1. The second-order valence-electron chi connectivity index (χ2n) is 4.97. The summed E-state index contributed by atoms with van der Waals surface area (Å²) < 4.78 is 13.9. The van der Waals surface area contributed by atoms with Gasteiger partial charge in [-0.2, -0.15) is 0 Å². The van der Waals surface area contributed by atoms with Gasteiger partial charge in [0.15, 0.2) is 0 Å². The molecule has 3 nitrogen and oxygen atoms in total. The fourth-order valence-corrected chi connectivity index (χ4v) is 1.96. The lowest BCUT2D eigenvalue weighted by atomic mass is 10.1. The van der Waals surface area contributed by atoms with E-state index in [2.05, 4.69) is 11.8 Å². The molecule has 0 heterocycles. The molecule has 4 heteroatoms. The first kappa shape index (κ1) is 16.4. The topological polar surface area (TPSA) is 40.5 Å². The quantitative estimate of drug-likeness (QED) is 0.584. The van der Waals surface area contributed by atoms with E-state index >= 15 is 0 Å². The summed E-state index contributed by atoms with van der Waals surface area (Å²) in [4.78, 5) is 12.5. The zero-order valence-electron chi connectivity index (χ0n) is 12.1. The van der Waals surface area contributed by atoms with Crippen LogP contribution in [0.1, 0.15) is 37.3 Å². The molecule has 0 radical (unpaired) electrons. The van der Waals surface area contributed by atoms with Crippen LogP contribution >= 0.6 is 0 Å². The molecule has 0 aliphatic carbocycles. The van der Waals surface area contributed by atoms with Gasteiger partial charge < -0.3 is 10.0 Å². The zero-order chi connectivity index (χ0) is 15.0. The number of benzene rings is 1. The molecule has 0 fully saturated rings. The first-order valence-electron chi connectivity index (χ1n) is 6.91. The number of hydrogen-bond donors (Lipinski definition) is 1. The normalized spacial score (nSPS) is 11.4. The van der Waals surface area contributed by atoms with Gasteiger partial charge in [-0.25, -0.2) is 9.18 Å². The van der Waals surface area contributed by atoms with Crippen molar-refractivity contribution in [3.63, 3.8) is 0 Å². The Morgan fingerprint density at radius 1 is 1.40 bits per heavy atom. The monoisotopic (exact) mass is 279 g/mol. The third-order valence-corrected chi connectivity index (χ3v) is 3.08. The smallest absolute Gasteiger partial charge is 0.328 e. The lowest BCUT2D eigenvalue weighted by molar-refractivity contribution is -0.131. The van der Waals surface area contributed by atoms with Crippen LogP contribution in [0, 0.1) is 5.82 Å². The zero-order valence-corrected chi connectivity index (χ0v) is 12.1. The van der Waals surface area contributed by atoms with Gasteiger partial charge in [-0.15, -0.1) is 0 Å². The molecule has 0 spiro atoms. The Balaban J connectivity index is 2.61. The van der Waals surface area contributed by atoms with Crippen LogP contribution in [0.25, 0.3) is 6.08 Å². The van der Waals surface area contributed by atoms with Gasteiger partial charge in [0.05, 0.1) is 0 Å². The van der Waals surface area contributed by atoms with Crippen molar-refractivity contribution in [1.82, 2.24) is 4.90 Å². The Labute approximate surface area is 119 Å². The third-order valence-electron chi connectivity index (χ3n) is 3.08. The van der Waals surface area contributed by atoms with Crippen LogP contribution < -0.4 is 0 Å². The summed E-state index contributed by atoms with van der Waals surface area (Å²) in [6.45, 7) is 3.68. The fourth-order valence-electron chi connectivity index (χ4n) is 1.96. The number of nitrogens with zero attached hydrogens (tertiary/aromatic N) is 1. The highest BCUT2D eigenvalue weighted by atomic mass is 19.1. The van der Waals surface area contributed by atoms with Gasteiger partial charge >= 0.3 is 5.97 Å². The maximum atomic E-state index is 13.9. The van der Waals surface area contributed by atoms with Crippen LogP contribution in [-0.2, 0) is 11.3 Å². The maximum Gasteiger partial charge on any atom is 0.328 e. The summed E-state index contributed by atoms with van der Waals surface area (Å²) in [5, 5.41) is 8.53. The molecule has 1 aromatic carbocycles. The molecule has 0 atom stereocenters. The van der Waals surface area contributed by atoms with Crippen molar-refractivity contribution in [2.75, 3.05) is 13.6 Å². The number of hydrogen-bond acceptors (Lipinski definition) is 2. The molecule has 0 amide bonds. The Bertz CT molecular complexity index is 472. The van der Waals surface area contributed by atoms with E-state index in [1.807, 2.05) is 7.05 Å². The molecule has 0 saturated carbocycles. The van der Waals surface area contributed by atoms with Crippen molar-refractivity contribution >= 4 is 12.0 Å².